The summed E-state index contributed by atoms with van der Waals surface area (Å²) in [4.78, 5) is 40.9. The van der Waals surface area contributed by atoms with E-state index in [0.717, 1.165) is 0 Å². The van der Waals surface area contributed by atoms with Crippen molar-refractivity contribution < 1.29 is 19.5 Å². The lowest BCUT2D eigenvalue weighted by Gasteiger charge is -2.26. The molecule has 8 N–H and O–H groups in total. The minimum absolute atomic E-state index is 0.00517. The Hall–Kier alpha value is -2.36. The van der Waals surface area contributed by atoms with Crippen LogP contribution in [0.3, 0.4) is 0 Å². The molecule has 3 atom stereocenters. The van der Waals surface area contributed by atoms with Crippen LogP contribution in [0.15, 0.2) is 4.99 Å². The molecule has 0 saturated heterocycles. The van der Waals surface area contributed by atoms with E-state index in [1.54, 1.807) is 0 Å². The highest BCUT2D eigenvalue weighted by molar-refractivity contribution is 5.91. The van der Waals surface area contributed by atoms with Crippen LogP contribution in [0.5, 0.6) is 0 Å². The highest BCUT2D eigenvalue weighted by Crippen LogP contribution is 2.09. The second-order valence-corrected chi connectivity index (χ2v) is 8.41. The average molecular weight is 429 g/mol. The predicted octanol–water partition coefficient (Wildman–Crippen LogP) is -0.401. The fourth-order valence-corrected chi connectivity index (χ4v) is 2.98. The summed E-state index contributed by atoms with van der Waals surface area (Å²) in [5, 5.41) is 17.8. The molecule has 10 nitrogen and oxygen atoms in total. The van der Waals surface area contributed by atoms with Crippen molar-refractivity contribution in [3.8, 4) is 0 Å². The van der Waals surface area contributed by atoms with Crippen LogP contribution in [0, 0.1) is 11.8 Å². The summed E-state index contributed by atoms with van der Waals surface area (Å²) in [6.07, 6.45) is 1.97. The van der Waals surface area contributed by atoms with Gasteiger partial charge >= 0.3 is 0 Å². The van der Waals surface area contributed by atoms with Gasteiger partial charge in [-0.2, -0.15) is 0 Å². The number of carbonyl (C=O) groups excluding carboxylic acids is 3. The van der Waals surface area contributed by atoms with Crippen LogP contribution in [0.4, 0.5) is 0 Å². The van der Waals surface area contributed by atoms with E-state index >= 15 is 0 Å². The second kappa shape index (κ2) is 14.6. The van der Waals surface area contributed by atoms with Crippen LogP contribution >= 0.6 is 0 Å². The molecule has 0 spiro atoms. The number of aliphatic hydroxyl groups is 1. The second-order valence-electron chi connectivity index (χ2n) is 8.41. The fraction of sp³-hybridized carbons (Fsp3) is 0.800. The maximum absolute atomic E-state index is 12.8. The van der Waals surface area contributed by atoms with Crippen molar-refractivity contribution in [2.75, 3.05) is 13.2 Å². The molecule has 0 fully saturated rings. The number of guanidine groups is 1. The standard InChI is InChI=1S/C20H40N6O4/c1-12(2)9-16(24-14(5)28)19(30)26-17(10-13(3)4)18(29)25-15(11-27)7-6-8-23-20(21)22/h12-13,15-17,27H,6-11H2,1-5H3,(H,24,28)(H,25,29)(H,26,30)(H4,21,22,23). The van der Waals surface area contributed by atoms with Crippen molar-refractivity contribution in [3.63, 3.8) is 0 Å². The molecule has 0 aromatic heterocycles. The van der Waals surface area contributed by atoms with Gasteiger partial charge in [-0.25, -0.2) is 0 Å². The third-order valence-electron chi connectivity index (χ3n) is 4.31. The molecule has 0 aromatic rings. The SMILES string of the molecule is CC(=O)NC(CC(C)C)C(=O)NC(CC(C)C)C(=O)NC(CO)CCCN=C(N)N. The van der Waals surface area contributed by atoms with E-state index in [4.69, 9.17) is 11.5 Å². The maximum atomic E-state index is 12.8. The summed E-state index contributed by atoms with van der Waals surface area (Å²) in [6.45, 7) is 9.32. The number of amides is 3. The molecule has 0 bridgehead atoms. The van der Waals surface area contributed by atoms with Gasteiger partial charge in [-0.3, -0.25) is 19.4 Å². The Morgan fingerprint density at radius 1 is 0.900 bits per heavy atom. The van der Waals surface area contributed by atoms with Gasteiger partial charge in [-0.1, -0.05) is 27.7 Å². The number of nitrogens with two attached hydrogens (primary N) is 2. The highest BCUT2D eigenvalue weighted by Gasteiger charge is 2.28. The Balaban J connectivity index is 5.08. The van der Waals surface area contributed by atoms with Gasteiger partial charge in [-0.05, 0) is 37.5 Å². The van der Waals surface area contributed by atoms with Crippen LogP contribution in [-0.2, 0) is 14.4 Å². The van der Waals surface area contributed by atoms with E-state index in [0.29, 0.717) is 32.2 Å². The van der Waals surface area contributed by atoms with Gasteiger partial charge in [0, 0.05) is 13.5 Å². The number of aliphatic imine (C=N–C) groups is 1. The van der Waals surface area contributed by atoms with Gasteiger partial charge in [0.15, 0.2) is 5.96 Å². The lowest BCUT2D eigenvalue weighted by molar-refractivity contribution is -0.132. The van der Waals surface area contributed by atoms with Gasteiger partial charge < -0.3 is 32.5 Å². The fourth-order valence-electron chi connectivity index (χ4n) is 2.98. The summed E-state index contributed by atoms with van der Waals surface area (Å²) in [7, 11) is 0. The van der Waals surface area contributed by atoms with E-state index in [9.17, 15) is 19.5 Å². The molecule has 0 aliphatic heterocycles. The first-order chi connectivity index (χ1) is 14.0. The smallest absolute Gasteiger partial charge is 0.243 e. The number of carbonyl (C=O) groups is 3. The largest absolute Gasteiger partial charge is 0.394 e. The number of rotatable bonds is 14. The third kappa shape index (κ3) is 13.0. The van der Waals surface area contributed by atoms with Crippen LogP contribution < -0.4 is 27.4 Å². The lowest BCUT2D eigenvalue weighted by atomic mass is 9.99. The highest BCUT2D eigenvalue weighted by atomic mass is 16.3. The quantitative estimate of drug-likeness (QED) is 0.125. The summed E-state index contributed by atoms with van der Waals surface area (Å²) >= 11 is 0. The number of hydrogen-bond donors (Lipinski definition) is 6. The van der Waals surface area contributed by atoms with Gasteiger partial charge in [0.05, 0.1) is 12.6 Å². The van der Waals surface area contributed by atoms with E-state index in [1.807, 2.05) is 27.7 Å². The van der Waals surface area contributed by atoms with Gasteiger partial charge in [0.1, 0.15) is 12.1 Å². The Morgan fingerprint density at radius 3 is 1.83 bits per heavy atom. The van der Waals surface area contributed by atoms with Crippen molar-refractivity contribution >= 4 is 23.7 Å². The summed E-state index contributed by atoms with van der Waals surface area (Å²) < 4.78 is 0. The van der Waals surface area contributed by atoms with E-state index < -0.39 is 24.0 Å². The molecule has 0 saturated carbocycles. The zero-order valence-electron chi connectivity index (χ0n) is 18.9. The Morgan fingerprint density at radius 2 is 1.40 bits per heavy atom. The summed E-state index contributed by atoms with van der Waals surface area (Å²) in [6, 6.07) is -1.95. The molecule has 0 aliphatic carbocycles. The molecule has 0 rings (SSSR count). The zero-order chi connectivity index (χ0) is 23.3. The molecular weight excluding hydrogens is 388 g/mol. The molecule has 174 valence electrons. The minimum atomic E-state index is -0.771. The number of nitrogens with one attached hydrogen (secondary N) is 3. The Labute approximate surface area is 179 Å². The topological polar surface area (TPSA) is 172 Å². The lowest BCUT2D eigenvalue weighted by Crippen LogP contribution is -2.55. The number of hydrogen-bond acceptors (Lipinski definition) is 5. The molecule has 0 aliphatic rings. The average Bonchev–Trinajstić information content (AvgIpc) is 2.61. The molecule has 3 amide bonds. The van der Waals surface area contributed by atoms with E-state index in [1.165, 1.54) is 6.92 Å². The minimum Gasteiger partial charge on any atom is -0.394 e. The van der Waals surface area contributed by atoms with Crippen LogP contribution in [-0.4, -0.2) is 60.1 Å². The molecule has 30 heavy (non-hydrogen) atoms. The van der Waals surface area contributed by atoms with Crippen molar-refractivity contribution in [2.45, 2.75) is 78.4 Å². The molecule has 0 radical (unpaired) electrons. The van der Waals surface area contributed by atoms with E-state index in [2.05, 4.69) is 20.9 Å². The van der Waals surface area contributed by atoms with Gasteiger partial charge in [0.2, 0.25) is 17.7 Å². The zero-order valence-corrected chi connectivity index (χ0v) is 18.9. The molecule has 10 heteroatoms. The van der Waals surface area contributed by atoms with Crippen LogP contribution in [0.25, 0.3) is 0 Å². The van der Waals surface area contributed by atoms with Crippen LogP contribution in [0.2, 0.25) is 0 Å². The van der Waals surface area contributed by atoms with E-state index in [-0.39, 0.29) is 36.2 Å². The molecule has 0 heterocycles. The molecule has 3 unspecified atom stereocenters. The van der Waals surface area contributed by atoms with Crippen molar-refractivity contribution in [1.29, 1.82) is 0 Å². The Kier molecular flexibility index (Phi) is 13.4. The first-order valence-corrected chi connectivity index (χ1v) is 10.5. The van der Waals surface area contributed by atoms with Gasteiger partial charge in [0.25, 0.3) is 0 Å². The maximum Gasteiger partial charge on any atom is 0.243 e. The summed E-state index contributed by atoms with van der Waals surface area (Å²) in [5.74, 6) is -0.734. The Bertz CT molecular complexity index is 576. The molecular formula is C20H40N6O4. The monoisotopic (exact) mass is 428 g/mol. The first kappa shape index (κ1) is 27.6. The summed E-state index contributed by atoms with van der Waals surface area (Å²) in [5.41, 5.74) is 10.6. The molecule has 0 aromatic carbocycles. The normalized spacial score (nSPS) is 14.0. The van der Waals surface area contributed by atoms with Crippen molar-refractivity contribution in [2.24, 2.45) is 28.3 Å². The van der Waals surface area contributed by atoms with Crippen molar-refractivity contribution in [1.82, 2.24) is 16.0 Å². The van der Waals surface area contributed by atoms with Gasteiger partial charge in [-0.15, -0.1) is 0 Å². The first-order valence-electron chi connectivity index (χ1n) is 10.5. The third-order valence-corrected chi connectivity index (χ3v) is 4.31. The number of aliphatic hydroxyl groups excluding tert-OH is 1. The van der Waals surface area contributed by atoms with Crippen molar-refractivity contribution in [3.05, 3.63) is 0 Å². The number of nitrogens with zero attached hydrogens (tertiary/aromatic N) is 1. The predicted molar refractivity (Wildman–Crippen MR) is 117 cm³/mol. The van der Waals surface area contributed by atoms with Crippen LogP contribution in [0.1, 0.15) is 60.3 Å².